The largest absolute Gasteiger partial charge is 0.378 e. The quantitative estimate of drug-likeness (QED) is 0.484. The first-order chi connectivity index (χ1) is 5.27. The monoisotopic (exact) mass is 152 g/mol. The van der Waals surface area contributed by atoms with E-state index in [1.807, 2.05) is 0 Å². The second-order valence-electron chi connectivity index (χ2n) is 4.02. The molecular formula is C10H16O. The predicted octanol–water partition coefficient (Wildman–Crippen LogP) is 2.38. The highest BCUT2D eigenvalue weighted by Crippen LogP contribution is 2.39. The Kier molecular flexibility index (Phi) is 1.76. The normalized spacial score (nSPS) is 44.1. The molecule has 2 aliphatic rings. The first-order valence-corrected chi connectivity index (χ1v) is 4.55. The molecule has 1 aliphatic carbocycles. The van der Waals surface area contributed by atoms with Gasteiger partial charge in [-0.1, -0.05) is 19.1 Å². The van der Waals surface area contributed by atoms with Crippen molar-refractivity contribution in [3.05, 3.63) is 12.2 Å². The van der Waals surface area contributed by atoms with Gasteiger partial charge in [-0.2, -0.15) is 0 Å². The molecular weight excluding hydrogens is 136 g/mol. The maximum atomic E-state index is 5.68. The topological polar surface area (TPSA) is 9.23 Å². The summed E-state index contributed by atoms with van der Waals surface area (Å²) in [5.41, 5.74) is 1.43. The number of hydrogen-bond donors (Lipinski definition) is 0. The summed E-state index contributed by atoms with van der Waals surface area (Å²) in [5.74, 6) is 1.51. The van der Waals surface area contributed by atoms with Crippen molar-refractivity contribution in [3.8, 4) is 0 Å². The summed E-state index contributed by atoms with van der Waals surface area (Å²) in [5, 5.41) is 0. The second kappa shape index (κ2) is 2.63. The lowest BCUT2D eigenvalue weighted by Gasteiger charge is -2.31. The molecule has 1 nitrogen and oxygen atoms in total. The molecule has 0 bridgehead atoms. The zero-order valence-electron chi connectivity index (χ0n) is 7.18. The lowest BCUT2D eigenvalue weighted by atomic mass is 9.77. The van der Waals surface area contributed by atoms with Gasteiger partial charge < -0.3 is 4.74 Å². The van der Waals surface area contributed by atoms with Crippen LogP contribution >= 0.6 is 0 Å². The standard InChI is InChI=1S/C10H16O/c1-7-5-8(2)10-9(6-7)3-4-11-10/h8-10H,1,3-6H2,2H3. The first kappa shape index (κ1) is 7.35. The van der Waals surface area contributed by atoms with Gasteiger partial charge in [-0.15, -0.1) is 0 Å². The number of hydrogen-bond acceptors (Lipinski definition) is 1. The number of fused-ring (bicyclic) bond motifs is 1. The van der Waals surface area contributed by atoms with E-state index in [0.29, 0.717) is 12.0 Å². The molecule has 11 heavy (non-hydrogen) atoms. The van der Waals surface area contributed by atoms with Crippen molar-refractivity contribution in [2.75, 3.05) is 6.61 Å². The van der Waals surface area contributed by atoms with Crippen LogP contribution in [0.1, 0.15) is 26.2 Å². The molecule has 3 unspecified atom stereocenters. The fourth-order valence-corrected chi connectivity index (χ4v) is 2.53. The van der Waals surface area contributed by atoms with Gasteiger partial charge in [0.15, 0.2) is 0 Å². The molecule has 1 heteroatoms. The van der Waals surface area contributed by atoms with Crippen LogP contribution in [0.3, 0.4) is 0 Å². The maximum absolute atomic E-state index is 5.68. The molecule has 1 saturated heterocycles. The zero-order valence-corrected chi connectivity index (χ0v) is 7.18. The highest BCUT2D eigenvalue weighted by Gasteiger charge is 2.36. The maximum Gasteiger partial charge on any atom is 0.0635 e. The Balaban J connectivity index is 2.10. The summed E-state index contributed by atoms with van der Waals surface area (Å²) in [7, 11) is 0. The van der Waals surface area contributed by atoms with Crippen LogP contribution in [0.15, 0.2) is 12.2 Å². The second-order valence-corrected chi connectivity index (χ2v) is 4.02. The molecule has 2 fully saturated rings. The smallest absolute Gasteiger partial charge is 0.0635 e. The minimum Gasteiger partial charge on any atom is -0.378 e. The number of rotatable bonds is 0. The molecule has 3 atom stereocenters. The van der Waals surface area contributed by atoms with E-state index >= 15 is 0 Å². The molecule has 0 spiro atoms. The van der Waals surface area contributed by atoms with Gasteiger partial charge in [-0.25, -0.2) is 0 Å². The van der Waals surface area contributed by atoms with E-state index in [4.69, 9.17) is 4.74 Å². The van der Waals surface area contributed by atoms with E-state index in [2.05, 4.69) is 13.5 Å². The molecule has 1 saturated carbocycles. The highest BCUT2D eigenvalue weighted by molar-refractivity contribution is 5.05. The van der Waals surface area contributed by atoms with Crippen LogP contribution in [-0.2, 0) is 4.74 Å². The summed E-state index contributed by atoms with van der Waals surface area (Å²) in [6.07, 6.45) is 4.21. The van der Waals surface area contributed by atoms with E-state index in [1.54, 1.807) is 0 Å². The Morgan fingerprint density at radius 1 is 1.45 bits per heavy atom. The summed E-state index contributed by atoms with van der Waals surface area (Å²) >= 11 is 0. The summed E-state index contributed by atoms with van der Waals surface area (Å²) in [6, 6.07) is 0. The van der Waals surface area contributed by atoms with Crippen LogP contribution in [0, 0.1) is 11.8 Å². The molecule has 2 rings (SSSR count). The average molecular weight is 152 g/mol. The minimum atomic E-state index is 0.556. The molecule has 62 valence electrons. The van der Waals surface area contributed by atoms with Gasteiger partial charge in [0.2, 0.25) is 0 Å². The van der Waals surface area contributed by atoms with Gasteiger partial charge in [-0.05, 0) is 31.1 Å². The van der Waals surface area contributed by atoms with Crippen LogP contribution in [0.2, 0.25) is 0 Å². The fraction of sp³-hybridized carbons (Fsp3) is 0.800. The summed E-state index contributed by atoms with van der Waals surface area (Å²) < 4.78 is 5.68. The van der Waals surface area contributed by atoms with Crippen molar-refractivity contribution >= 4 is 0 Å². The molecule has 0 aromatic heterocycles. The molecule has 0 radical (unpaired) electrons. The lowest BCUT2D eigenvalue weighted by molar-refractivity contribution is 0.0377. The van der Waals surface area contributed by atoms with Gasteiger partial charge in [0.25, 0.3) is 0 Å². The predicted molar refractivity (Wildman–Crippen MR) is 45.4 cm³/mol. The Morgan fingerprint density at radius 3 is 3.09 bits per heavy atom. The van der Waals surface area contributed by atoms with Gasteiger partial charge in [0.05, 0.1) is 6.10 Å². The fourth-order valence-electron chi connectivity index (χ4n) is 2.53. The van der Waals surface area contributed by atoms with Crippen molar-refractivity contribution in [2.45, 2.75) is 32.3 Å². The van der Waals surface area contributed by atoms with Crippen molar-refractivity contribution in [1.82, 2.24) is 0 Å². The SMILES string of the molecule is C=C1CC(C)C2OCCC2C1. The van der Waals surface area contributed by atoms with E-state index in [9.17, 15) is 0 Å². The summed E-state index contributed by atoms with van der Waals surface area (Å²) in [4.78, 5) is 0. The van der Waals surface area contributed by atoms with Crippen LogP contribution in [0.4, 0.5) is 0 Å². The number of allylic oxidation sites excluding steroid dienone is 1. The van der Waals surface area contributed by atoms with Crippen molar-refractivity contribution in [1.29, 1.82) is 0 Å². The third kappa shape index (κ3) is 1.22. The van der Waals surface area contributed by atoms with Crippen LogP contribution < -0.4 is 0 Å². The van der Waals surface area contributed by atoms with Crippen LogP contribution in [-0.4, -0.2) is 12.7 Å². The van der Waals surface area contributed by atoms with Gasteiger partial charge in [0, 0.05) is 6.61 Å². The lowest BCUT2D eigenvalue weighted by Crippen LogP contribution is -2.29. The Labute approximate surface area is 68.4 Å². The molecule has 0 amide bonds. The molecule has 0 N–H and O–H groups in total. The van der Waals surface area contributed by atoms with Crippen LogP contribution in [0.25, 0.3) is 0 Å². The van der Waals surface area contributed by atoms with E-state index in [0.717, 1.165) is 12.5 Å². The van der Waals surface area contributed by atoms with E-state index in [1.165, 1.54) is 24.8 Å². The molecule has 1 heterocycles. The van der Waals surface area contributed by atoms with Crippen molar-refractivity contribution in [2.24, 2.45) is 11.8 Å². The van der Waals surface area contributed by atoms with Crippen LogP contribution in [0.5, 0.6) is 0 Å². The van der Waals surface area contributed by atoms with Gasteiger partial charge in [0.1, 0.15) is 0 Å². The van der Waals surface area contributed by atoms with Gasteiger partial charge in [-0.3, -0.25) is 0 Å². The van der Waals surface area contributed by atoms with E-state index < -0.39 is 0 Å². The third-order valence-corrected chi connectivity index (χ3v) is 2.99. The molecule has 0 aromatic carbocycles. The third-order valence-electron chi connectivity index (χ3n) is 2.99. The first-order valence-electron chi connectivity index (χ1n) is 4.55. The Hall–Kier alpha value is -0.300. The zero-order chi connectivity index (χ0) is 7.84. The Bertz CT molecular complexity index is 174. The minimum absolute atomic E-state index is 0.556. The molecule has 1 aliphatic heterocycles. The number of ether oxygens (including phenoxy) is 1. The molecule has 0 aromatic rings. The van der Waals surface area contributed by atoms with Crippen molar-refractivity contribution < 1.29 is 4.74 Å². The Morgan fingerprint density at radius 2 is 2.27 bits per heavy atom. The van der Waals surface area contributed by atoms with E-state index in [-0.39, 0.29) is 0 Å². The average Bonchev–Trinajstić information content (AvgIpc) is 2.34. The van der Waals surface area contributed by atoms with Gasteiger partial charge >= 0.3 is 0 Å². The highest BCUT2D eigenvalue weighted by atomic mass is 16.5. The summed E-state index contributed by atoms with van der Waals surface area (Å²) in [6.45, 7) is 7.33. The van der Waals surface area contributed by atoms with Crippen molar-refractivity contribution in [3.63, 3.8) is 0 Å².